The van der Waals surface area contributed by atoms with Gasteiger partial charge in [-0.1, -0.05) is 13.8 Å². The van der Waals surface area contributed by atoms with Crippen LogP contribution in [0.25, 0.3) is 0 Å². The number of carboxylic acid groups (broad SMARTS) is 3. The van der Waals surface area contributed by atoms with E-state index in [1.165, 1.54) is 11.9 Å². The van der Waals surface area contributed by atoms with Crippen molar-refractivity contribution < 1.29 is 34.5 Å². The van der Waals surface area contributed by atoms with Gasteiger partial charge < -0.3 is 25.5 Å². The summed E-state index contributed by atoms with van der Waals surface area (Å²) >= 11 is 0. The minimum atomic E-state index is -1.11. The number of amides is 2. The number of carboxylic acids is 2. The van der Waals surface area contributed by atoms with Crippen molar-refractivity contribution in [1.29, 1.82) is 0 Å². The zero-order chi connectivity index (χ0) is 23.1. The molecule has 0 aliphatic carbocycles. The summed E-state index contributed by atoms with van der Waals surface area (Å²) in [4.78, 5) is 51.6. The molecule has 0 aromatic carbocycles. The number of rotatable bonds is 6. The summed E-state index contributed by atoms with van der Waals surface area (Å²) in [7, 11) is 1.51. The molecule has 2 amide bonds. The first-order valence-corrected chi connectivity index (χ1v) is 10.0. The van der Waals surface area contributed by atoms with Gasteiger partial charge in [0.05, 0.1) is 19.6 Å². The fourth-order valence-corrected chi connectivity index (χ4v) is 2.87. The lowest BCUT2D eigenvalue weighted by Crippen LogP contribution is -2.49. The second kappa shape index (κ2) is 15.4. The monoisotopic (exact) mass is 433 g/mol. The SMILES string of the molecule is CC.CNC(=O)CN1CCN(CC(=O)O)CCN(CC(=O)O)CCN(C(=O)O)CC1. The molecule has 0 aromatic rings. The smallest absolute Gasteiger partial charge is 0.407 e. The minimum absolute atomic E-state index is 0.0794. The van der Waals surface area contributed by atoms with Gasteiger partial charge in [-0.05, 0) is 0 Å². The minimum Gasteiger partial charge on any atom is -0.480 e. The van der Waals surface area contributed by atoms with Crippen LogP contribution in [0.4, 0.5) is 4.79 Å². The van der Waals surface area contributed by atoms with Crippen LogP contribution in [0.5, 0.6) is 0 Å². The first-order chi connectivity index (χ1) is 14.2. The Kier molecular flexibility index (Phi) is 14.2. The summed E-state index contributed by atoms with van der Waals surface area (Å²) in [6.07, 6.45) is -1.11. The summed E-state index contributed by atoms with van der Waals surface area (Å²) in [6.45, 7) is 5.78. The summed E-state index contributed by atoms with van der Waals surface area (Å²) in [5.41, 5.74) is 0. The van der Waals surface area contributed by atoms with Gasteiger partial charge in [0.1, 0.15) is 0 Å². The number of carbonyl (C=O) groups excluding carboxylic acids is 1. The van der Waals surface area contributed by atoms with E-state index in [9.17, 15) is 24.3 Å². The van der Waals surface area contributed by atoms with Crippen LogP contribution in [-0.2, 0) is 14.4 Å². The van der Waals surface area contributed by atoms with E-state index in [2.05, 4.69) is 5.32 Å². The highest BCUT2D eigenvalue weighted by molar-refractivity contribution is 5.77. The number of carbonyl (C=O) groups is 4. The van der Waals surface area contributed by atoms with Crippen molar-refractivity contribution in [3.8, 4) is 0 Å². The third-order valence-electron chi connectivity index (χ3n) is 4.47. The third-order valence-corrected chi connectivity index (χ3v) is 4.47. The zero-order valence-corrected chi connectivity index (χ0v) is 18.0. The van der Waals surface area contributed by atoms with Gasteiger partial charge >= 0.3 is 18.0 Å². The largest absolute Gasteiger partial charge is 0.480 e. The second-order valence-corrected chi connectivity index (χ2v) is 6.56. The van der Waals surface area contributed by atoms with E-state index in [1.54, 1.807) is 14.7 Å². The molecule has 0 atom stereocenters. The molecule has 1 aliphatic rings. The molecule has 4 N–H and O–H groups in total. The van der Waals surface area contributed by atoms with Crippen LogP contribution in [0.3, 0.4) is 0 Å². The van der Waals surface area contributed by atoms with Crippen molar-refractivity contribution in [2.45, 2.75) is 13.8 Å². The summed E-state index contributed by atoms with van der Waals surface area (Å²) in [5.74, 6) is -2.24. The number of hydrogen-bond acceptors (Lipinski definition) is 7. The Morgan fingerprint density at radius 1 is 0.667 bits per heavy atom. The van der Waals surface area contributed by atoms with E-state index in [4.69, 9.17) is 10.2 Å². The number of nitrogens with zero attached hydrogens (tertiary/aromatic N) is 4. The van der Waals surface area contributed by atoms with Gasteiger partial charge in [0.2, 0.25) is 5.91 Å². The molecule has 1 saturated heterocycles. The lowest BCUT2D eigenvalue weighted by atomic mass is 10.3. The average molecular weight is 434 g/mol. The Morgan fingerprint density at radius 2 is 1.00 bits per heavy atom. The van der Waals surface area contributed by atoms with Crippen LogP contribution in [-0.4, -0.2) is 138 Å². The van der Waals surface area contributed by atoms with Crippen molar-refractivity contribution >= 4 is 23.9 Å². The lowest BCUT2D eigenvalue weighted by Gasteiger charge is -2.32. The molecule has 0 saturated carbocycles. The molecule has 0 unspecified atom stereocenters. The molecule has 30 heavy (non-hydrogen) atoms. The Hall–Kier alpha value is -2.44. The fraction of sp³-hybridized carbons (Fsp3) is 0.778. The normalized spacial score (nSPS) is 17.6. The van der Waals surface area contributed by atoms with E-state index in [0.717, 1.165) is 0 Å². The maximum absolute atomic E-state index is 11.7. The maximum atomic E-state index is 11.7. The summed E-state index contributed by atoms with van der Waals surface area (Å²) < 4.78 is 0. The molecule has 12 heteroatoms. The Labute approximate surface area is 177 Å². The lowest BCUT2D eigenvalue weighted by molar-refractivity contribution is -0.140. The van der Waals surface area contributed by atoms with E-state index >= 15 is 0 Å². The summed E-state index contributed by atoms with van der Waals surface area (Å²) in [5, 5.41) is 30.1. The van der Waals surface area contributed by atoms with Crippen molar-refractivity contribution in [2.75, 3.05) is 79.0 Å². The molecule has 1 fully saturated rings. The van der Waals surface area contributed by atoms with Gasteiger partial charge in [-0.25, -0.2) is 4.79 Å². The number of likely N-dealkylation sites (N-methyl/N-ethyl adjacent to an activating group) is 1. The highest BCUT2D eigenvalue weighted by Crippen LogP contribution is 2.01. The van der Waals surface area contributed by atoms with Crippen LogP contribution >= 0.6 is 0 Å². The molecule has 0 spiro atoms. The molecule has 12 nitrogen and oxygen atoms in total. The van der Waals surface area contributed by atoms with Crippen LogP contribution in [0.15, 0.2) is 0 Å². The van der Waals surface area contributed by atoms with Gasteiger partial charge in [-0.15, -0.1) is 0 Å². The number of aliphatic carboxylic acids is 2. The molecule has 0 radical (unpaired) electrons. The van der Waals surface area contributed by atoms with Crippen LogP contribution < -0.4 is 5.32 Å². The third kappa shape index (κ3) is 12.2. The first kappa shape index (κ1) is 27.6. The summed E-state index contributed by atoms with van der Waals surface area (Å²) in [6, 6.07) is 0. The molecule has 1 rings (SSSR count). The van der Waals surface area contributed by atoms with Gasteiger partial charge in [0.15, 0.2) is 0 Å². The van der Waals surface area contributed by atoms with E-state index < -0.39 is 18.0 Å². The van der Waals surface area contributed by atoms with Gasteiger partial charge in [0, 0.05) is 59.4 Å². The molecule has 0 bridgehead atoms. The van der Waals surface area contributed by atoms with E-state index in [-0.39, 0.29) is 45.2 Å². The molecular weight excluding hydrogens is 398 g/mol. The first-order valence-electron chi connectivity index (χ1n) is 10.0. The molecule has 1 aliphatic heterocycles. The second-order valence-electron chi connectivity index (χ2n) is 6.56. The Bertz CT molecular complexity index is 561. The maximum Gasteiger partial charge on any atom is 0.407 e. The van der Waals surface area contributed by atoms with Gasteiger partial charge in [-0.2, -0.15) is 0 Å². The van der Waals surface area contributed by atoms with E-state index in [0.29, 0.717) is 32.7 Å². The van der Waals surface area contributed by atoms with Crippen molar-refractivity contribution in [3.05, 3.63) is 0 Å². The number of nitrogens with one attached hydrogen (secondary N) is 1. The predicted octanol–water partition coefficient (Wildman–Crippen LogP) is -1.17. The highest BCUT2D eigenvalue weighted by Gasteiger charge is 2.21. The van der Waals surface area contributed by atoms with Gasteiger partial charge in [0.25, 0.3) is 0 Å². The topological polar surface area (TPSA) is 154 Å². The van der Waals surface area contributed by atoms with Crippen LogP contribution in [0.2, 0.25) is 0 Å². The quantitative estimate of drug-likeness (QED) is 0.403. The van der Waals surface area contributed by atoms with E-state index in [1.807, 2.05) is 13.8 Å². The zero-order valence-electron chi connectivity index (χ0n) is 18.0. The molecule has 1 heterocycles. The van der Waals surface area contributed by atoms with Crippen molar-refractivity contribution in [3.63, 3.8) is 0 Å². The average Bonchev–Trinajstić information content (AvgIpc) is 2.68. The molecule has 174 valence electrons. The van der Waals surface area contributed by atoms with Crippen molar-refractivity contribution in [1.82, 2.24) is 24.9 Å². The fourth-order valence-electron chi connectivity index (χ4n) is 2.87. The molecule has 0 aromatic heterocycles. The standard InChI is InChI=1S/C16H29N5O7.C2H6/c1-17-13(22)10-18-2-3-19(11-14(23)24)4-5-20(12-15(25)26)7-9-21(8-6-18)16(27)28;1-2/h2-12H2,1H3,(H,17,22)(H,23,24)(H,25,26)(H,27,28);1-2H3. The molecular formula is C18H35N5O7. The van der Waals surface area contributed by atoms with Gasteiger partial charge in [-0.3, -0.25) is 29.1 Å². The van der Waals surface area contributed by atoms with Crippen molar-refractivity contribution in [2.24, 2.45) is 0 Å². The Morgan fingerprint density at radius 3 is 1.30 bits per heavy atom. The highest BCUT2D eigenvalue weighted by atomic mass is 16.4. The van der Waals surface area contributed by atoms with Crippen LogP contribution in [0, 0.1) is 0 Å². The van der Waals surface area contributed by atoms with Crippen LogP contribution in [0.1, 0.15) is 13.8 Å². The Balaban J connectivity index is 0.00000407. The number of hydrogen-bond donors (Lipinski definition) is 4. The predicted molar refractivity (Wildman–Crippen MR) is 110 cm³/mol.